The molecule has 2 rings (SSSR count). The second kappa shape index (κ2) is 5.39. The summed E-state index contributed by atoms with van der Waals surface area (Å²) in [7, 11) is 1.94. The van der Waals surface area contributed by atoms with Crippen molar-refractivity contribution in [2.45, 2.75) is 57.9 Å². The third-order valence-corrected chi connectivity index (χ3v) is 4.10. The van der Waals surface area contributed by atoms with Gasteiger partial charge in [0, 0.05) is 19.0 Å². The highest BCUT2D eigenvalue weighted by Gasteiger charge is 2.34. The largest absolute Gasteiger partial charge is 0.325 e. The van der Waals surface area contributed by atoms with Gasteiger partial charge in [0.05, 0.1) is 0 Å². The van der Waals surface area contributed by atoms with Gasteiger partial charge in [-0.15, -0.1) is 0 Å². The third-order valence-electron chi connectivity index (χ3n) is 4.10. The van der Waals surface area contributed by atoms with E-state index in [4.69, 9.17) is 5.73 Å². The van der Waals surface area contributed by atoms with Crippen LogP contribution < -0.4 is 5.73 Å². The molecule has 0 amide bonds. The Labute approximate surface area is 110 Å². The zero-order valence-corrected chi connectivity index (χ0v) is 11.9. The van der Waals surface area contributed by atoms with Crippen molar-refractivity contribution in [3.05, 3.63) is 12.2 Å². The van der Waals surface area contributed by atoms with Crippen molar-refractivity contribution in [2.24, 2.45) is 24.6 Å². The van der Waals surface area contributed by atoms with Gasteiger partial charge in [0.1, 0.15) is 12.2 Å². The van der Waals surface area contributed by atoms with Crippen LogP contribution in [0.1, 0.15) is 51.8 Å². The molecule has 1 aromatic heterocycles. The smallest absolute Gasteiger partial charge is 0.138 e. The van der Waals surface area contributed by atoms with Crippen molar-refractivity contribution in [1.82, 2.24) is 14.8 Å². The van der Waals surface area contributed by atoms with E-state index in [1.807, 2.05) is 11.7 Å². The molecule has 2 atom stereocenters. The lowest BCUT2D eigenvalue weighted by molar-refractivity contribution is 0.197. The van der Waals surface area contributed by atoms with Gasteiger partial charge in [-0.05, 0) is 31.1 Å². The second-order valence-electron chi connectivity index (χ2n) is 6.43. The van der Waals surface area contributed by atoms with E-state index in [9.17, 15) is 0 Å². The number of nitrogens with two attached hydrogens (primary N) is 1. The minimum absolute atomic E-state index is 0.0708. The molecule has 2 N–H and O–H groups in total. The van der Waals surface area contributed by atoms with Gasteiger partial charge in [0.2, 0.25) is 0 Å². The monoisotopic (exact) mass is 250 g/mol. The maximum Gasteiger partial charge on any atom is 0.138 e. The van der Waals surface area contributed by atoms with Gasteiger partial charge in [-0.1, -0.05) is 26.7 Å². The van der Waals surface area contributed by atoms with Crippen LogP contribution in [0.3, 0.4) is 0 Å². The number of rotatable bonds is 4. The van der Waals surface area contributed by atoms with Crippen LogP contribution in [0.2, 0.25) is 0 Å². The summed E-state index contributed by atoms with van der Waals surface area (Å²) in [6.45, 7) is 4.60. The van der Waals surface area contributed by atoms with Crippen molar-refractivity contribution in [2.75, 3.05) is 0 Å². The molecule has 102 valence electrons. The molecule has 1 saturated carbocycles. The molecule has 1 aromatic rings. The molecule has 1 aliphatic rings. The van der Waals surface area contributed by atoms with Gasteiger partial charge >= 0.3 is 0 Å². The zero-order chi connectivity index (χ0) is 13.2. The van der Waals surface area contributed by atoms with Gasteiger partial charge in [-0.2, -0.15) is 5.10 Å². The molecule has 18 heavy (non-hydrogen) atoms. The number of hydrogen-bond acceptors (Lipinski definition) is 3. The van der Waals surface area contributed by atoms with E-state index >= 15 is 0 Å². The van der Waals surface area contributed by atoms with Crippen molar-refractivity contribution in [1.29, 1.82) is 0 Å². The van der Waals surface area contributed by atoms with Gasteiger partial charge in [-0.25, -0.2) is 4.98 Å². The van der Waals surface area contributed by atoms with Crippen molar-refractivity contribution < 1.29 is 0 Å². The summed E-state index contributed by atoms with van der Waals surface area (Å²) in [5.41, 5.74) is 6.53. The Balaban J connectivity index is 1.99. The Bertz CT molecular complexity index is 385. The molecule has 0 radical (unpaired) electrons. The first-order valence-electron chi connectivity index (χ1n) is 7.10. The highest BCUT2D eigenvalue weighted by atomic mass is 15.3. The fraction of sp³-hybridized carbons (Fsp3) is 0.857. The average Bonchev–Trinajstić information content (AvgIpc) is 2.62. The first kappa shape index (κ1) is 13.5. The molecule has 0 aromatic carbocycles. The highest BCUT2D eigenvalue weighted by Crippen LogP contribution is 2.35. The molecular weight excluding hydrogens is 224 g/mol. The van der Waals surface area contributed by atoms with Gasteiger partial charge in [0.25, 0.3) is 0 Å². The Morgan fingerprint density at radius 2 is 2.33 bits per heavy atom. The quantitative estimate of drug-likeness (QED) is 0.892. The fourth-order valence-corrected chi connectivity index (χ4v) is 3.35. The van der Waals surface area contributed by atoms with Gasteiger partial charge in [-0.3, -0.25) is 4.68 Å². The summed E-state index contributed by atoms with van der Waals surface area (Å²) in [6.07, 6.45) is 8.64. The maximum atomic E-state index is 6.60. The van der Waals surface area contributed by atoms with E-state index in [0.29, 0.717) is 0 Å². The molecule has 0 bridgehead atoms. The molecule has 1 fully saturated rings. The van der Waals surface area contributed by atoms with Crippen LogP contribution in [0.15, 0.2) is 6.33 Å². The molecular formula is C14H26N4. The van der Waals surface area contributed by atoms with Crippen LogP contribution in [0, 0.1) is 11.8 Å². The Hall–Kier alpha value is -0.900. The van der Waals surface area contributed by atoms with Gasteiger partial charge < -0.3 is 5.73 Å². The molecule has 4 nitrogen and oxygen atoms in total. The highest BCUT2D eigenvalue weighted by molar-refractivity contribution is 5.00. The van der Waals surface area contributed by atoms with Crippen molar-refractivity contribution >= 4 is 0 Å². The van der Waals surface area contributed by atoms with Crippen LogP contribution in [0.5, 0.6) is 0 Å². The summed E-state index contributed by atoms with van der Waals surface area (Å²) in [4.78, 5) is 4.31. The maximum absolute atomic E-state index is 6.60. The van der Waals surface area contributed by atoms with Crippen molar-refractivity contribution in [3.8, 4) is 0 Å². The van der Waals surface area contributed by atoms with E-state index in [-0.39, 0.29) is 5.54 Å². The lowest BCUT2D eigenvalue weighted by atomic mass is 9.72. The normalized spacial score (nSPS) is 28.8. The first-order chi connectivity index (χ1) is 8.48. The number of hydrogen-bond donors (Lipinski definition) is 1. The Morgan fingerprint density at radius 1 is 1.56 bits per heavy atom. The molecule has 1 heterocycles. The fourth-order valence-electron chi connectivity index (χ4n) is 3.35. The van der Waals surface area contributed by atoms with E-state index < -0.39 is 0 Å². The topological polar surface area (TPSA) is 56.7 Å². The number of aryl methyl sites for hydroxylation is 1. The molecule has 2 unspecified atom stereocenters. The summed E-state index contributed by atoms with van der Waals surface area (Å²) < 4.78 is 1.85. The van der Waals surface area contributed by atoms with Crippen molar-refractivity contribution in [3.63, 3.8) is 0 Å². The SMILES string of the molecule is CC(C)CC1CCCC(N)(Cc2ncnn2C)C1. The van der Waals surface area contributed by atoms with Crippen LogP contribution in [0.25, 0.3) is 0 Å². The molecule has 1 aliphatic carbocycles. The first-order valence-corrected chi connectivity index (χ1v) is 7.10. The summed E-state index contributed by atoms with van der Waals surface area (Å²) in [5, 5.41) is 4.13. The lowest BCUT2D eigenvalue weighted by Gasteiger charge is -2.38. The zero-order valence-electron chi connectivity index (χ0n) is 11.9. The summed E-state index contributed by atoms with van der Waals surface area (Å²) in [6, 6.07) is 0. The van der Waals surface area contributed by atoms with E-state index in [0.717, 1.165) is 36.9 Å². The van der Waals surface area contributed by atoms with Crippen LogP contribution in [0.4, 0.5) is 0 Å². The Morgan fingerprint density at radius 3 is 2.94 bits per heavy atom. The lowest BCUT2D eigenvalue weighted by Crippen LogP contribution is -2.47. The van der Waals surface area contributed by atoms with E-state index in [2.05, 4.69) is 23.9 Å². The van der Waals surface area contributed by atoms with Gasteiger partial charge in [0.15, 0.2) is 0 Å². The summed E-state index contributed by atoms with van der Waals surface area (Å²) in [5.74, 6) is 2.58. The molecule has 0 saturated heterocycles. The number of nitrogens with zero attached hydrogens (tertiary/aromatic N) is 3. The number of aromatic nitrogens is 3. The molecule has 4 heteroatoms. The van der Waals surface area contributed by atoms with Crippen LogP contribution in [-0.4, -0.2) is 20.3 Å². The molecule has 0 spiro atoms. The predicted molar refractivity (Wildman–Crippen MR) is 73.0 cm³/mol. The minimum atomic E-state index is -0.0708. The third kappa shape index (κ3) is 3.31. The van der Waals surface area contributed by atoms with Crippen LogP contribution >= 0.6 is 0 Å². The van der Waals surface area contributed by atoms with E-state index in [1.54, 1.807) is 6.33 Å². The Kier molecular flexibility index (Phi) is 4.05. The van der Waals surface area contributed by atoms with E-state index in [1.165, 1.54) is 19.3 Å². The van der Waals surface area contributed by atoms with Crippen LogP contribution in [-0.2, 0) is 13.5 Å². The standard InChI is InChI=1S/C14H26N4/c1-11(2)7-12-5-4-6-14(15,8-12)9-13-16-10-17-18(13)3/h10-12H,4-9,15H2,1-3H3. The predicted octanol–water partition coefficient (Wildman–Crippen LogP) is 2.29. The summed E-state index contributed by atoms with van der Waals surface area (Å²) >= 11 is 0. The average molecular weight is 250 g/mol. The minimum Gasteiger partial charge on any atom is -0.325 e. The second-order valence-corrected chi connectivity index (χ2v) is 6.43. The molecule has 0 aliphatic heterocycles.